The number of thioether (sulfide) groups is 1. The van der Waals surface area contributed by atoms with Crippen molar-refractivity contribution in [1.29, 1.82) is 0 Å². The van der Waals surface area contributed by atoms with Crippen LogP contribution in [0, 0.1) is 0 Å². The Morgan fingerprint density at radius 3 is 2.46 bits per heavy atom. The summed E-state index contributed by atoms with van der Waals surface area (Å²) >= 11 is 2.03. The smallest absolute Gasteiger partial charge is 0.325 e. The van der Waals surface area contributed by atoms with Crippen LogP contribution < -0.4 is 9.47 Å². The van der Waals surface area contributed by atoms with Gasteiger partial charge in [-0.25, -0.2) is 0 Å². The number of carbonyl (C=O) groups is 1. The van der Waals surface area contributed by atoms with Gasteiger partial charge in [-0.3, -0.25) is 14.6 Å². The third-order valence-electron chi connectivity index (χ3n) is 5.54. The average Bonchev–Trinajstić information content (AvgIpc) is 2.69. The molecule has 1 aromatic rings. The number of hydrogen-bond acceptors (Lipinski definition) is 6. The molecule has 0 spiro atoms. The molecule has 3 heterocycles. The standard InChI is InChI=1S/C19H26N2O4S/c22-19(23)18(14-1-2-16-17(13-14)25-10-9-24-16)21-5-3-15(4-6-21)20-7-11-26-12-8-20/h1-2,13,15,18H,3-12H2,(H,22,23)/t18-/m1/s1. The van der Waals surface area contributed by atoms with Crippen LogP contribution in [0.25, 0.3) is 0 Å². The van der Waals surface area contributed by atoms with Crippen LogP contribution in [0.15, 0.2) is 18.2 Å². The van der Waals surface area contributed by atoms with Gasteiger partial charge in [-0.1, -0.05) is 6.07 Å². The van der Waals surface area contributed by atoms with Crippen LogP contribution >= 0.6 is 11.8 Å². The number of likely N-dealkylation sites (tertiary alicyclic amines) is 1. The largest absolute Gasteiger partial charge is 0.486 e. The van der Waals surface area contributed by atoms with Crippen LogP contribution in [-0.2, 0) is 4.79 Å². The average molecular weight is 378 g/mol. The van der Waals surface area contributed by atoms with Crippen LogP contribution in [0.2, 0.25) is 0 Å². The molecule has 0 unspecified atom stereocenters. The second-order valence-corrected chi connectivity index (χ2v) is 8.28. The van der Waals surface area contributed by atoms with E-state index in [1.54, 1.807) is 0 Å². The number of aliphatic carboxylic acids is 1. The Kier molecular flexibility index (Phi) is 5.57. The van der Waals surface area contributed by atoms with Gasteiger partial charge in [0.15, 0.2) is 11.5 Å². The van der Waals surface area contributed by atoms with Crippen molar-refractivity contribution in [3.05, 3.63) is 23.8 Å². The highest BCUT2D eigenvalue weighted by atomic mass is 32.2. The van der Waals surface area contributed by atoms with Gasteiger partial charge in [-0.2, -0.15) is 11.8 Å². The van der Waals surface area contributed by atoms with Crippen molar-refractivity contribution in [3.63, 3.8) is 0 Å². The van der Waals surface area contributed by atoms with E-state index in [2.05, 4.69) is 9.80 Å². The molecular weight excluding hydrogens is 352 g/mol. The van der Waals surface area contributed by atoms with E-state index in [1.165, 1.54) is 24.6 Å². The highest BCUT2D eigenvalue weighted by Crippen LogP contribution is 2.35. The Labute approximate surface area is 158 Å². The summed E-state index contributed by atoms with van der Waals surface area (Å²) in [6, 6.07) is 5.50. The monoisotopic (exact) mass is 378 g/mol. The summed E-state index contributed by atoms with van der Waals surface area (Å²) in [7, 11) is 0. The lowest BCUT2D eigenvalue weighted by Gasteiger charge is -2.41. The third kappa shape index (κ3) is 3.80. The molecule has 0 aliphatic carbocycles. The molecule has 3 aliphatic rings. The van der Waals surface area contributed by atoms with Crippen LogP contribution in [0.1, 0.15) is 24.4 Å². The lowest BCUT2D eigenvalue weighted by Crippen LogP contribution is -2.49. The second kappa shape index (κ2) is 8.06. The molecule has 142 valence electrons. The number of hydrogen-bond donors (Lipinski definition) is 1. The molecule has 1 atom stereocenters. The van der Waals surface area contributed by atoms with Crippen LogP contribution in [0.4, 0.5) is 0 Å². The molecule has 0 aromatic heterocycles. The number of rotatable bonds is 4. The van der Waals surface area contributed by atoms with E-state index < -0.39 is 12.0 Å². The number of nitrogens with zero attached hydrogens (tertiary/aromatic N) is 2. The molecule has 26 heavy (non-hydrogen) atoms. The zero-order chi connectivity index (χ0) is 17.9. The van der Waals surface area contributed by atoms with Gasteiger partial charge in [0.25, 0.3) is 0 Å². The van der Waals surface area contributed by atoms with E-state index in [0.29, 0.717) is 30.8 Å². The minimum atomic E-state index is -0.797. The number of carboxylic acids is 1. The summed E-state index contributed by atoms with van der Waals surface area (Å²) in [6.45, 7) is 5.02. The lowest BCUT2D eigenvalue weighted by atomic mass is 9.98. The first-order valence-corrected chi connectivity index (χ1v) is 10.6. The summed E-state index contributed by atoms with van der Waals surface area (Å²) in [4.78, 5) is 16.7. The quantitative estimate of drug-likeness (QED) is 0.861. The topological polar surface area (TPSA) is 62.2 Å². The van der Waals surface area contributed by atoms with Crippen molar-refractivity contribution >= 4 is 17.7 Å². The number of ether oxygens (including phenoxy) is 2. The van der Waals surface area contributed by atoms with Gasteiger partial charge in [0, 0.05) is 43.7 Å². The maximum absolute atomic E-state index is 12.0. The fourth-order valence-corrected chi connectivity index (χ4v) is 5.12. The van der Waals surface area contributed by atoms with Crippen molar-refractivity contribution in [3.8, 4) is 11.5 Å². The van der Waals surface area contributed by atoms with Crippen molar-refractivity contribution in [1.82, 2.24) is 9.80 Å². The normalized spacial score (nSPS) is 23.5. The zero-order valence-electron chi connectivity index (χ0n) is 14.9. The molecule has 3 aliphatic heterocycles. The number of fused-ring (bicyclic) bond motifs is 1. The predicted octanol–water partition coefficient (Wildman–Crippen LogP) is 2.10. The molecule has 0 bridgehead atoms. The van der Waals surface area contributed by atoms with Crippen molar-refractivity contribution in [2.45, 2.75) is 24.9 Å². The van der Waals surface area contributed by atoms with Gasteiger partial charge in [-0.15, -0.1) is 0 Å². The van der Waals surface area contributed by atoms with Gasteiger partial charge in [-0.05, 0) is 30.5 Å². The van der Waals surface area contributed by atoms with E-state index in [4.69, 9.17) is 9.47 Å². The number of carboxylic acid groups (broad SMARTS) is 1. The Bertz CT molecular complexity index is 642. The van der Waals surface area contributed by atoms with Gasteiger partial charge in [0.05, 0.1) is 0 Å². The van der Waals surface area contributed by atoms with E-state index in [1.807, 2.05) is 30.0 Å². The summed E-state index contributed by atoms with van der Waals surface area (Å²) in [6.07, 6.45) is 2.08. The number of benzene rings is 1. The molecule has 0 saturated carbocycles. The molecule has 2 fully saturated rings. The predicted molar refractivity (Wildman–Crippen MR) is 101 cm³/mol. The first-order valence-electron chi connectivity index (χ1n) is 9.40. The SMILES string of the molecule is O=C(O)[C@@H](c1ccc2c(c1)OCCO2)N1CCC(N2CCSCC2)CC1. The maximum atomic E-state index is 12.0. The Morgan fingerprint density at radius 1 is 1.08 bits per heavy atom. The summed E-state index contributed by atoms with van der Waals surface area (Å²) in [5, 5.41) is 9.87. The summed E-state index contributed by atoms with van der Waals surface area (Å²) < 4.78 is 11.2. The van der Waals surface area contributed by atoms with Crippen molar-refractivity contribution in [2.24, 2.45) is 0 Å². The molecule has 4 rings (SSSR count). The van der Waals surface area contributed by atoms with Gasteiger partial charge < -0.3 is 14.6 Å². The maximum Gasteiger partial charge on any atom is 0.325 e. The lowest BCUT2D eigenvalue weighted by molar-refractivity contribution is -0.144. The molecule has 1 aromatic carbocycles. The molecule has 7 heteroatoms. The zero-order valence-corrected chi connectivity index (χ0v) is 15.7. The Morgan fingerprint density at radius 2 is 1.77 bits per heavy atom. The minimum absolute atomic E-state index is 0.508. The number of piperidine rings is 1. The first-order chi connectivity index (χ1) is 12.7. The van der Waals surface area contributed by atoms with Crippen molar-refractivity contribution in [2.75, 3.05) is 50.9 Å². The van der Waals surface area contributed by atoms with Crippen LogP contribution in [0.3, 0.4) is 0 Å². The first kappa shape index (κ1) is 17.9. The fraction of sp³-hybridized carbons (Fsp3) is 0.632. The molecule has 6 nitrogen and oxygen atoms in total. The second-order valence-electron chi connectivity index (χ2n) is 7.06. The fourth-order valence-electron chi connectivity index (χ4n) is 4.19. The highest BCUT2D eigenvalue weighted by molar-refractivity contribution is 7.99. The summed E-state index contributed by atoms with van der Waals surface area (Å²) in [5.41, 5.74) is 0.773. The minimum Gasteiger partial charge on any atom is -0.486 e. The third-order valence-corrected chi connectivity index (χ3v) is 6.48. The van der Waals surface area contributed by atoms with E-state index >= 15 is 0 Å². The Balaban J connectivity index is 1.45. The van der Waals surface area contributed by atoms with Crippen LogP contribution in [0.5, 0.6) is 11.5 Å². The van der Waals surface area contributed by atoms with Crippen molar-refractivity contribution < 1.29 is 19.4 Å². The van der Waals surface area contributed by atoms with Gasteiger partial charge in [0.1, 0.15) is 19.3 Å². The van der Waals surface area contributed by atoms with E-state index in [0.717, 1.165) is 31.5 Å². The molecule has 2 saturated heterocycles. The summed E-state index contributed by atoms with van der Waals surface area (Å²) in [5.74, 6) is 2.99. The van der Waals surface area contributed by atoms with E-state index in [9.17, 15) is 9.90 Å². The molecule has 0 amide bonds. The van der Waals surface area contributed by atoms with Gasteiger partial charge in [0.2, 0.25) is 0 Å². The van der Waals surface area contributed by atoms with E-state index in [-0.39, 0.29) is 0 Å². The van der Waals surface area contributed by atoms with Crippen LogP contribution in [-0.4, -0.2) is 77.8 Å². The molecule has 0 radical (unpaired) electrons. The van der Waals surface area contributed by atoms with Gasteiger partial charge >= 0.3 is 5.97 Å². The highest BCUT2D eigenvalue weighted by Gasteiger charge is 2.33. The molecule has 1 N–H and O–H groups in total. The molecular formula is C19H26N2O4S. The Hall–Kier alpha value is -1.44.